The second-order valence-electron chi connectivity index (χ2n) is 3.98. The molecule has 0 aliphatic carbocycles. The van der Waals surface area contributed by atoms with Crippen LogP contribution in [0.4, 0.5) is 5.95 Å². The highest BCUT2D eigenvalue weighted by molar-refractivity contribution is 9.11. The molecule has 6 heteroatoms. The minimum Gasteiger partial charge on any atom is -0.369 e. The van der Waals surface area contributed by atoms with Crippen LogP contribution in [0.2, 0.25) is 5.02 Å². The van der Waals surface area contributed by atoms with E-state index in [9.17, 15) is 0 Å². The highest BCUT2D eigenvalue weighted by Gasteiger charge is 2.16. The van der Waals surface area contributed by atoms with Crippen LogP contribution in [0, 0.1) is 0 Å². The lowest BCUT2D eigenvalue weighted by Crippen LogP contribution is -2.02. The fourth-order valence-electron chi connectivity index (χ4n) is 2.02. The summed E-state index contributed by atoms with van der Waals surface area (Å²) in [5, 5.41) is 0.589. The fraction of sp³-hybridized carbons (Fsp3) is 0. The van der Waals surface area contributed by atoms with Crippen LogP contribution in [0.1, 0.15) is 0 Å². The number of halogens is 3. The first-order valence-electron chi connectivity index (χ1n) is 5.46. The van der Waals surface area contributed by atoms with Gasteiger partial charge in [-0.05, 0) is 56.1 Å². The summed E-state index contributed by atoms with van der Waals surface area (Å²) in [4.78, 5) is 4.34. The van der Waals surface area contributed by atoms with Gasteiger partial charge in [-0.3, -0.25) is 4.57 Å². The van der Waals surface area contributed by atoms with Gasteiger partial charge in [0.15, 0.2) is 0 Å². The minimum absolute atomic E-state index is 0.399. The third kappa shape index (κ3) is 2.06. The molecule has 0 saturated heterocycles. The Balaban J connectivity index is 2.44. The Bertz CT molecular complexity index is 763. The van der Waals surface area contributed by atoms with Crippen molar-refractivity contribution in [1.29, 1.82) is 0 Å². The highest BCUT2D eigenvalue weighted by Crippen LogP contribution is 2.35. The van der Waals surface area contributed by atoms with E-state index >= 15 is 0 Å². The molecule has 2 N–H and O–H groups in total. The highest BCUT2D eigenvalue weighted by atomic mass is 79.9. The topological polar surface area (TPSA) is 43.8 Å². The number of benzene rings is 2. The SMILES string of the molecule is Nc1nc2c(Cl)cccc2n1-c1c(Br)cccc1Br. The van der Waals surface area contributed by atoms with Crippen LogP contribution in [0.5, 0.6) is 0 Å². The summed E-state index contributed by atoms with van der Waals surface area (Å²) in [5.74, 6) is 0.399. The Kier molecular flexibility index (Phi) is 3.28. The number of nitrogens with two attached hydrogens (primary N) is 1. The summed E-state index contributed by atoms with van der Waals surface area (Å²) in [7, 11) is 0. The molecular weight excluding hydrogens is 393 g/mol. The molecule has 0 aliphatic heterocycles. The summed E-state index contributed by atoms with van der Waals surface area (Å²) in [6.07, 6.45) is 0. The zero-order valence-corrected chi connectivity index (χ0v) is 13.5. The van der Waals surface area contributed by atoms with Gasteiger partial charge in [-0.2, -0.15) is 0 Å². The molecular formula is C13H8Br2ClN3. The molecule has 0 fully saturated rings. The van der Waals surface area contributed by atoms with E-state index in [1.54, 1.807) is 6.07 Å². The molecule has 0 bridgehead atoms. The fourth-order valence-corrected chi connectivity index (χ4v) is 3.59. The Morgan fingerprint density at radius 3 is 2.37 bits per heavy atom. The van der Waals surface area contributed by atoms with Gasteiger partial charge in [-0.1, -0.05) is 23.7 Å². The van der Waals surface area contributed by atoms with E-state index in [1.165, 1.54) is 0 Å². The van der Waals surface area contributed by atoms with Crippen LogP contribution in [-0.2, 0) is 0 Å². The standard InChI is InChI=1S/C13H8Br2ClN3/c14-7-3-1-4-8(15)12(7)19-10-6-2-5-9(16)11(10)18-13(19)17/h1-6H,(H2,17,18). The second kappa shape index (κ2) is 4.81. The zero-order chi connectivity index (χ0) is 13.6. The van der Waals surface area contributed by atoms with Crippen LogP contribution < -0.4 is 5.73 Å². The molecule has 96 valence electrons. The Labute approximate surface area is 131 Å². The van der Waals surface area contributed by atoms with Gasteiger partial charge in [0, 0.05) is 8.95 Å². The van der Waals surface area contributed by atoms with Gasteiger partial charge in [0.05, 0.1) is 16.2 Å². The molecule has 2 aromatic carbocycles. The third-order valence-corrected chi connectivity index (χ3v) is 4.41. The van der Waals surface area contributed by atoms with Gasteiger partial charge < -0.3 is 5.73 Å². The van der Waals surface area contributed by atoms with Gasteiger partial charge in [0.1, 0.15) is 5.52 Å². The molecule has 0 saturated carbocycles. The average molecular weight is 401 g/mol. The van der Waals surface area contributed by atoms with E-state index in [0.29, 0.717) is 16.5 Å². The smallest absolute Gasteiger partial charge is 0.206 e. The van der Waals surface area contributed by atoms with E-state index in [-0.39, 0.29) is 0 Å². The number of para-hydroxylation sites is 2. The maximum Gasteiger partial charge on any atom is 0.206 e. The van der Waals surface area contributed by atoms with Crippen molar-refractivity contribution < 1.29 is 0 Å². The molecule has 3 rings (SSSR count). The summed E-state index contributed by atoms with van der Waals surface area (Å²) in [6, 6.07) is 11.5. The largest absolute Gasteiger partial charge is 0.369 e. The Morgan fingerprint density at radius 1 is 1.05 bits per heavy atom. The first-order chi connectivity index (χ1) is 9.09. The summed E-state index contributed by atoms with van der Waals surface area (Å²) in [5.41, 5.74) is 8.52. The molecule has 1 heterocycles. The Hall–Kier alpha value is -1.04. The molecule has 0 radical (unpaired) electrons. The predicted molar refractivity (Wildman–Crippen MR) is 85.9 cm³/mol. The number of rotatable bonds is 1. The number of hydrogen-bond donors (Lipinski definition) is 1. The summed E-state index contributed by atoms with van der Waals surface area (Å²) < 4.78 is 3.72. The number of fused-ring (bicyclic) bond motifs is 1. The molecule has 19 heavy (non-hydrogen) atoms. The number of hydrogen-bond acceptors (Lipinski definition) is 2. The van der Waals surface area contributed by atoms with Crippen LogP contribution in [0.25, 0.3) is 16.7 Å². The van der Waals surface area contributed by atoms with E-state index in [1.807, 2.05) is 34.9 Å². The third-order valence-electron chi connectivity index (χ3n) is 2.82. The molecule has 3 nitrogen and oxygen atoms in total. The van der Waals surface area contributed by atoms with Crippen molar-refractivity contribution in [2.45, 2.75) is 0 Å². The molecule has 0 aliphatic rings. The molecule has 0 spiro atoms. The first-order valence-corrected chi connectivity index (χ1v) is 7.43. The predicted octanol–water partition coefficient (Wildman–Crippen LogP) is 4.79. The maximum atomic E-state index is 6.15. The molecule has 0 atom stereocenters. The van der Waals surface area contributed by atoms with Gasteiger partial charge in [-0.25, -0.2) is 4.98 Å². The van der Waals surface area contributed by atoms with Crippen LogP contribution in [0.15, 0.2) is 45.3 Å². The first kappa shape index (κ1) is 13.0. The lowest BCUT2D eigenvalue weighted by molar-refractivity contribution is 1.09. The van der Waals surface area contributed by atoms with Crippen molar-refractivity contribution in [2.24, 2.45) is 0 Å². The van der Waals surface area contributed by atoms with E-state index in [2.05, 4.69) is 36.8 Å². The summed E-state index contributed by atoms with van der Waals surface area (Å²) >= 11 is 13.2. The number of imidazole rings is 1. The van der Waals surface area contributed by atoms with Crippen LogP contribution in [-0.4, -0.2) is 9.55 Å². The molecule has 0 unspecified atom stereocenters. The van der Waals surface area contributed by atoms with Crippen LogP contribution in [0.3, 0.4) is 0 Å². The number of anilines is 1. The van der Waals surface area contributed by atoms with Crippen molar-refractivity contribution in [1.82, 2.24) is 9.55 Å². The van der Waals surface area contributed by atoms with Crippen molar-refractivity contribution >= 4 is 60.4 Å². The minimum atomic E-state index is 0.399. The van der Waals surface area contributed by atoms with Gasteiger partial charge in [0.2, 0.25) is 5.95 Å². The monoisotopic (exact) mass is 399 g/mol. The van der Waals surface area contributed by atoms with Gasteiger partial charge >= 0.3 is 0 Å². The van der Waals surface area contributed by atoms with Crippen LogP contribution >= 0.6 is 43.5 Å². The van der Waals surface area contributed by atoms with Crippen molar-refractivity contribution in [3.05, 3.63) is 50.4 Å². The van der Waals surface area contributed by atoms with Gasteiger partial charge in [0.25, 0.3) is 0 Å². The number of nitrogen functional groups attached to an aromatic ring is 1. The number of aromatic nitrogens is 2. The molecule has 3 aromatic rings. The van der Waals surface area contributed by atoms with E-state index in [0.717, 1.165) is 20.1 Å². The average Bonchev–Trinajstić information content (AvgIpc) is 2.68. The molecule has 1 aromatic heterocycles. The summed E-state index contributed by atoms with van der Waals surface area (Å²) in [6.45, 7) is 0. The maximum absolute atomic E-state index is 6.15. The van der Waals surface area contributed by atoms with Crippen molar-refractivity contribution in [3.8, 4) is 5.69 Å². The number of nitrogens with zero attached hydrogens (tertiary/aromatic N) is 2. The van der Waals surface area contributed by atoms with Gasteiger partial charge in [-0.15, -0.1) is 0 Å². The quantitative estimate of drug-likeness (QED) is 0.637. The lowest BCUT2D eigenvalue weighted by atomic mass is 10.3. The van der Waals surface area contributed by atoms with Crippen molar-refractivity contribution in [2.75, 3.05) is 5.73 Å². The zero-order valence-electron chi connectivity index (χ0n) is 9.57. The van der Waals surface area contributed by atoms with Crippen molar-refractivity contribution in [3.63, 3.8) is 0 Å². The second-order valence-corrected chi connectivity index (χ2v) is 6.10. The normalized spacial score (nSPS) is 11.1. The lowest BCUT2D eigenvalue weighted by Gasteiger charge is -2.11. The Morgan fingerprint density at radius 2 is 1.68 bits per heavy atom. The van der Waals surface area contributed by atoms with E-state index < -0.39 is 0 Å². The molecule has 0 amide bonds. The van der Waals surface area contributed by atoms with E-state index in [4.69, 9.17) is 17.3 Å².